The van der Waals surface area contributed by atoms with Gasteiger partial charge in [-0.15, -0.1) is 0 Å². The summed E-state index contributed by atoms with van der Waals surface area (Å²) in [5.74, 6) is 1.10. The number of ether oxygens (including phenoxy) is 1. The van der Waals surface area contributed by atoms with E-state index in [2.05, 4.69) is 9.97 Å². The van der Waals surface area contributed by atoms with Gasteiger partial charge in [-0.05, 0) is 24.3 Å². The fraction of sp³-hybridized carbons (Fsp3) is 0.167. The van der Waals surface area contributed by atoms with E-state index in [1.54, 1.807) is 24.3 Å². The molecule has 0 bridgehead atoms. The Bertz CT molecular complexity index is 581. The van der Waals surface area contributed by atoms with E-state index in [-0.39, 0.29) is 18.7 Å². The number of hydrogen-bond donors (Lipinski definition) is 2. The van der Waals surface area contributed by atoms with Crippen molar-refractivity contribution in [2.45, 2.75) is 13.2 Å². The Labute approximate surface area is 109 Å². The zero-order chi connectivity index (χ0) is 13.0. The molecule has 0 radical (unpaired) electrons. The van der Waals surface area contributed by atoms with Crippen LogP contribution in [0.15, 0.2) is 35.1 Å². The summed E-state index contributed by atoms with van der Waals surface area (Å²) < 4.78 is 5.47. The molecule has 18 heavy (non-hydrogen) atoms. The smallest absolute Gasteiger partial charge is 0.251 e. The predicted molar refractivity (Wildman–Crippen MR) is 68.5 cm³/mol. The Balaban J connectivity index is 2.08. The zero-order valence-electron chi connectivity index (χ0n) is 9.52. The highest BCUT2D eigenvalue weighted by Crippen LogP contribution is 2.16. The number of benzene rings is 1. The molecule has 1 heterocycles. The van der Waals surface area contributed by atoms with Gasteiger partial charge >= 0.3 is 0 Å². The molecule has 0 aliphatic heterocycles. The number of aromatic amines is 1. The first kappa shape index (κ1) is 12.6. The van der Waals surface area contributed by atoms with Gasteiger partial charge in [-0.25, -0.2) is 4.98 Å². The molecule has 94 valence electrons. The second-order valence-electron chi connectivity index (χ2n) is 3.63. The normalized spacial score (nSPS) is 10.3. The van der Waals surface area contributed by atoms with Crippen molar-refractivity contribution in [2.24, 2.45) is 5.73 Å². The Morgan fingerprint density at radius 3 is 2.72 bits per heavy atom. The molecule has 0 unspecified atom stereocenters. The quantitative estimate of drug-likeness (QED) is 0.877. The van der Waals surface area contributed by atoms with Crippen LogP contribution in [0.5, 0.6) is 5.75 Å². The molecule has 6 heteroatoms. The van der Waals surface area contributed by atoms with Crippen molar-refractivity contribution < 1.29 is 4.74 Å². The minimum Gasteiger partial charge on any atom is -0.486 e. The van der Waals surface area contributed by atoms with Gasteiger partial charge in [-0.1, -0.05) is 11.6 Å². The number of halogens is 1. The summed E-state index contributed by atoms with van der Waals surface area (Å²) in [4.78, 5) is 18.0. The van der Waals surface area contributed by atoms with Gasteiger partial charge in [0.05, 0.1) is 5.69 Å². The van der Waals surface area contributed by atoms with E-state index in [0.29, 0.717) is 22.3 Å². The number of aromatic nitrogens is 2. The molecule has 0 aliphatic carbocycles. The number of rotatable bonds is 4. The topological polar surface area (TPSA) is 81.0 Å². The van der Waals surface area contributed by atoms with E-state index < -0.39 is 0 Å². The second-order valence-corrected chi connectivity index (χ2v) is 4.07. The Kier molecular flexibility index (Phi) is 3.96. The average molecular weight is 266 g/mol. The minimum absolute atomic E-state index is 0.171. The Morgan fingerprint density at radius 1 is 1.33 bits per heavy atom. The van der Waals surface area contributed by atoms with Gasteiger partial charge < -0.3 is 15.5 Å². The summed E-state index contributed by atoms with van der Waals surface area (Å²) in [7, 11) is 0. The number of nitrogens with two attached hydrogens (primary N) is 1. The highest BCUT2D eigenvalue weighted by molar-refractivity contribution is 6.30. The fourth-order valence-corrected chi connectivity index (χ4v) is 1.54. The number of H-pyrrole nitrogens is 1. The summed E-state index contributed by atoms with van der Waals surface area (Å²) in [6, 6.07) is 8.30. The number of nitrogens with one attached hydrogen (secondary N) is 1. The molecule has 5 nitrogen and oxygen atoms in total. The third-order valence-electron chi connectivity index (χ3n) is 2.24. The van der Waals surface area contributed by atoms with Crippen LogP contribution in [-0.2, 0) is 13.2 Å². The Morgan fingerprint density at radius 2 is 2.06 bits per heavy atom. The molecular weight excluding hydrogens is 254 g/mol. The molecule has 0 saturated heterocycles. The van der Waals surface area contributed by atoms with E-state index in [0.717, 1.165) is 0 Å². The highest BCUT2D eigenvalue weighted by Gasteiger charge is 2.01. The van der Waals surface area contributed by atoms with E-state index in [9.17, 15) is 4.79 Å². The van der Waals surface area contributed by atoms with E-state index in [1.807, 2.05) is 0 Å². The maximum absolute atomic E-state index is 11.3. The zero-order valence-corrected chi connectivity index (χ0v) is 10.3. The lowest BCUT2D eigenvalue weighted by atomic mass is 10.3. The van der Waals surface area contributed by atoms with Crippen molar-refractivity contribution in [1.82, 2.24) is 9.97 Å². The van der Waals surface area contributed by atoms with Gasteiger partial charge in [-0.3, -0.25) is 4.79 Å². The molecule has 0 saturated carbocycles. The molecule has 2 aromatic rings. The largest absolute Gasteiger partial charge is 0.486 e. The van der Waals surface area contributed by atoms with Crippen molar-refractivity contribution in [3.05, 3.63) is 57.2 Å². The van der Waals surface area contributed by atoms with Crippen LogP contribution >= 0.6 is 11.6 Å². The molecule has 0 fully saturated rings. The number of hydrogen-bond acceptors (Lipinski definition) is 4. The first-order valence-electron chi connectivity index (χ1n) is 5.35. The average Bonchev–Trinajstić information content (AvgIpc) is 2.37. The van der Waals surface area contributed by atoms with Crippen LogP contribution < -0.4 is 16.0 Å². The standard InChI is InChI=1S/C12H12ClN3O2/c13-8-1-3-10(4-2-8)18-7-11-15-9(6-14)5-12(17)16-11/h1-5H,6-7,14H2,(H,15,16,17). The van der Waals surface area contributed by atoms with Crippen LogP contribution in [0.4, 0.5) is 0 Å². The molecule has 0 spiro atoms. The molecule has 0 atom stereocenters. The summed E-state index contributed by atoms with van der Waals surface area (Å²) >= 11 is 5.76. The van der Waals surface area contributed by atoms with Crippen molar-refractivity contribution in [3.63, 3.8) is 0 Å². The van der Waals surface area contributed by atoms with Crippen LogP contribution in [-0.4, -0.2) is 9.97 Å². The lowest BCUT2D eigenvalue weighted by molar-refractivity contribution is 0.295. The van der Waals surface area contributed by atoms with Gasteiger partial charge in [-0.2, -0.15) is 0 Å². The van der Waals surface area contributed by atoms with Gasteiger partial charge in [0.2, 0.25) is 0 Å². The van der Waals surface area contributed by atoms with Crippen molar-refractivity contribution in [1.29, 1.82) is 0 Å². The molecule has 0 aliphatic rings. The fourth-order valence-electron chi connectivity index (χ4n) is 1.42. The first-order valence-corrected chi connectivity index (χ1v) is 5.73. The molecule has 3 N–H and O–H groups in total. The highest BCUT2D eigenvalue weighted by atomic mass is 35.5. The molecular formula is C12H12ClN3O2. The van der Waals surface area contributed by atoms with E-state index in [1.165, 1.54) is 6.07 Å². The van der Waals surface area contributed by atoms with Gasteiger partial charge in [0.15, 0.2) is 0 Å². The summed E-state index contributed by atoms with van der Waals surface area (Å²) in [6.45, 7) is 0.391. The molecule has 0 amide bonds. The third kappa shape index (κ3) is 3.32. The van der Waals surface area contributed by atoms with Crippen LogP contribution in [0, 0.1) is 0 Å². The van der Waals surface area contributed by atoms with Crippen molar-refractivity contribution >= 4 is 11.6 Å². The summed E-state index contributed by atoms with van der Waals surface area (Å²) in [6.07, 6.45) is 0. The second kappa shape index (κ2) is 5.66. The maximum atomic E-state index is 11.3. The van der Waals surface area contributed by atoms with Crippen LogP contribution in [0.2, 0.25) is 5.02 Å². The van der Waals surface area contributed by atoms with Crippen molar-refractivity contribution in [2.75, 3.05) is 0 Å². The third-order valence-corrected chi connectivity index (χ3v) is 2.49. The van der Waals surface area contributed by atoms with Crippen LogP contribution in [0.3, 0.4) is 0 Å². The Hall–Kier alpha value is -1.85. The van der Waals surface area contributed by atoms with Crippen LogP contribution in [0.1, 0.15) is 11.5 Å². The predicted octanol–water partition coefficient (Wildman–Crippen LogP) is 1.46. The first-order chi connectivity index (χ1) is 8.67. The lowest BCUT2D eigenvalue weighted by Gasteiger charge is -2.06. The van der Waals surface area contributed by atoms with Crippen LogP contribution in [0.25, 0.3) is 0 Å². The monoisotopic (exact) mass is 265 g/mol. The SMILES string of the molecule is NCc1cc(=O)[nH]c(COc2ccc(Cl)cc2)n1. The molecule has 1 aromatic heterocycles. The minimum atomic E-state index is -0.236. The van der Waals surface area contributed by atoms with E-state index >= 15 is 0 Å². The number of nitrogens with zero attached hydrogens (tertiary/aromatic N) is 1. The van der Waals surface area contributed by atoms with Crippen molar-refractivity contribution in [3.8, 4) is 5.75 Å². The maximum Gasteiger partial charge on any atom is 0.251 e. The molecule has 1 aromatic carbocycles. The van der Waals surface area contributed by atoms with Gasteiger partial charge in [0.25, 0.3) is 5.56 Å². The van der Waals surface area contributed by atoms with E-state index in [4.69, 9.17) is 22.1 Å². The molecule has 2 rings (SSSR count). The van der Waals surface area contributed by atoms with Gasteiger partial charge in [0, 0.05) is 17.6 Å². The lowest BCUT2D eigenvalue weighted by Crippen LogP contribution is -2.16. The van der Waals surface area contributed by atoms with Gasteiger partial charge in [0.1, 0.15) is 18.2 Å². The summed E-state index contributed by atoms with van der Waals surface area (Å²) in [5, 5.41) is 0.638. The summed E-state index contributed by atoms with van der Waals surface area (Å²) in [5.41, 5.74) is 5.74.